The van der Waals surface area contributed by atoms with Crippen LogP contribution in [0.3, 0.4) is 0 Å². The first-order valence-electron chi connectivity index (χ1n) is 13.1. The standard InChI is InChI=1S/C29H35Cl2FN4O3/c1-27(2,3)13-22-29(16-33,21-10-9-17(30)14-35-21)23(19-7-6-8-20(31)24(19)32)25(36-22)26(37)34-12-11-18-15-38-28(4,5)39-18/h6-10,14,18,22-23,25,36H,11-13,15H2,1-5H3,(H,34,37)/t18-,22?,23?,25?,29?/m0/s1. The summed E-state index contributed by atoms with van der Waals surface area (Å²) in [5.41, 5.74) is -1.02. The smallest absolute Gasteiger partial charge is 0.237 e. The van der Waals surface area contributed by atoms with Crippen molar-refractivity contribution in [3.05, 3.63) is 63.6 Å². The van der Waals surface area contributed by atoms with E-state index in [0.29, 0.717) is 36.7 Å². The summed E-state index contributed by atoms with van der Waals surface area (Å²) in [7, 11) is 0. The van der Waals surface area contributed by atoms with E-state index in [1.807, 2.05) is 13.8 Å². The minimum atomic E-state index is -1.39. The summed E-state index contributed by atoms with van der Waals surface area (Å²) in [4.78, 5) is 18.3. The third-order valence-corrected chi connectivity index (χ3v) is 7.85. The van der Waals surface area contributed by atoms with Crippen molar-refractivity contribution < 1.29 is 18.7 Å². The molecule has 1 aromatic heterocycles. The highest BCUT2D eigenvalue weighted by Crippen LogP contribution is 2.51. The number of hydrogen-bond donors (Lipinski definition) is 2. The zero-order valence-electron chi connectivity index (χ0n) is 22.9. The SMILES string of the molecule is CC(C)(C)CC1NC(C(=O)NCC[C@H]2COC(C)(C)O2)C(c2cccc(Cl)c2F)C1(C#N)c1ccc(Cl)cn1. The Morgan fingerprint density at radius 2 is 2.03 bits per heavy atom. The molecule has 0 saturated carbocycles. The van der Waals surface area contributed by atoms with Gasteiger partial charge in [-0.1, -0.05) is 56.1 Å². The molecule has 4 unspecified atom stereocenters. The summed E-state index contributed by atoms with van der Waals surface area (Å²) >= 11 is 12.3. The quantitative estimate of drug-likeness (QED) is 0.451. The second-order valence-electron chi connectivity index (χ2n) is 12.0. The van der Waals surface area contributed by atoms with Crippen LogP contribution >= 0.6 is 23.2 Å². The van der Waals surface area contributed by atoms with Crippen LogP contribution in [0.15, 0.2) is 36.5 Å². The molecule has 10 heteroatoms. The first kappa shape index (κ1) is 29.7. The van der Waals surface area contributed by atoms with E-state index in [1.165, 1.54) is 12.3 Å². The predicted octanol–water partition coefficient (Wildman–Crippen LogP) is 5.51. The van der Waals surface area contributed by atoms with Crippen molar-refractivity contribution in [3.8, 4) is 6.07 Å². The fourth-order valence-corrected chi connectivity index (χ4v) is 6.00. The van der Waals surface area contributed by atoms with Gasteiger partial charge in [-0.05, 0) is 55.9 Å². The number of rotatable bonds is 7. The number of aromatic nitrogens is 1. The zero-order chi connectivity index (χ0) is 28.6. The monoisotopic (exact) mass is 576 g/mol. The number of nitriles is 1. The molecule has 1 aromatic carbocycles. The van der Waals surface area contributed by atoms with E-state index in [-0.39, 0.29) is 28.0 Å². The Morgan fingerprint density at radius 1 is 1.28 bits per heavy atom. The van der Waals surface area contributed by atoms with Gasteiger partial charge >= 0.3 is 0 Å². The van der Waals surface area contributed by atoms with Crippen LogP contribution in [0.4, 0.5) is 4.39 Å². The first-order chi connectivity index (χ1) is 18.3. The minimum absolute atomic E-state index is 0.0807. The molecule has 3 heterocycles. The number of carbonyl (C=O) groups excluding carboxylic acids is 1. The molecular formula is C29H35Cl2FN4O3. The Balaban J connectivity index is 1.75. The Kier molecular flexibility index (Phi) is 8.61. The van der Waals surface area contributed by atoms with Crippen molar-refractivity contribution in [1.82, 2.24) is 15.6 Å². The van der Waals surface area contributed by atoms with Crippen molar-refractivity contribution >= 4 is 29.1 Å². The number of pyridine rings is 1. The van der Waals surface area contributed by atoms with Gasteiger partial charge < -0.3 is 20.1 Å². The molecule has 2 aromatic rings. The molecular weight excluding hydrogens is 542 g/mol. The van der Waals surface area contributed by atoms with Crippen molar-refractivity contribution in [1.29, 1.82) is 5.26 Å². The fourth-order valence-electron chi connectivity index (χ4n) is 5.70. The van der Waals surface area contributed by atoms with Crippen LogP contribution in [0.25, 0.3) is 0 Å². The number of halogens is 3. The van der Waals surface area contributed by atoms with Gasteiger partial charge in [-0.15, -0.1) is 0 Å². The number of benzene rings is 1. The van der Waals surface area contributed by atoms with Crippen LogP contribution in [0.1, 0.15) is 64.6 Å². The fraction of sp³-hybridized carbons (Fsp3) is 0.552. The summed E-state index contributed by atoms with van der Waals surface area (Å²) in [5.74, 6) is -2.59. The largest absolute Gasteiger partial charge is 0.355 e. The molecule has 5 atom stereocenters. The molecule has 2 aliphatic heterocycles. The lowest BCUT2D eigenvalue weighted by molar-refractivity contribution is -0.138. The highest BCUT2D eigenvalue weighted by Gasteiger charge is 2.61. The maximum Gasteiger partial charge on any atom is 0.237 e. The predicted molar refractivity (Wildman–Crippen MR) is 148 cm³/mol. The second kappa shape index (κ2) is 11.3. The third-order valence-electron chi connectivity index (χ3n) is 7.34. The van der Waals surface area contributed by atoms with Gasteiger partial charge in [-0.2, -0.15) is 5.26 Å². The number of amides is 1. The highest BCUT2D eigenvalue weighted by molar-refractivity contribution is 6.31. The molecule has 0 radical (unpaired) electrons. The molecule has 2 saturated heterocycles. The van der Waals surface area contributed by atoms with Crippen LogP contribution in [0, 0.1) is 22.6 Å². The van der Waals surface area contributed by atoms with E-state index in [0.717, 1.165) is 0 Å². The van der Waals surface area contributed by atoms with Crippen LogP contribution in [-0.2, 0) is 19.7 Å². The number of nitrogens with one attached hydrogen (secondary N) is 2. The van der Waals surface area contributed by atoms with Gasteiger partial charge in [0.25, 0.3) is 0 Å². The van der Waals surface area contributed by atoms with Gasteiger partial charge in [0.15, 0.2) is 5.79 Å². The molecule has 2 aliphatic rings. The molecule has 1 amide bonds. The molecule has 2 fully saturated rings. The van der Waals surface area contributed by atoms with E-state index in [9.17, 15) is 10.1 Å². The summed E-state index contributed by atoms with van der Waals surface area (Å²) < 4.78 is 27.1. The van der Waals surface area contributed by atoms with E-state index >= 15 is 4.39 Å². The molecule has 0 spiro atoms. The molecule has 0 bridgehead atoms. The number of carbonyl (C=O) groups is 1. The van der Waals surface area contributed by atoms with Crippen molar-refractivity contribution in [2.45, 2.75) is 82.8 Å². The van der Waals surface area contributed by atoms with E-state index < -0.39 is 35.0 Å². The molecule has 2 N–H and O–H groups in total. The highest BCUT2D eigenvalue weighted by atomic mass is 35.5. The lowest BCUT2D eigenvalue weighted by Gasteiger charge is -2.36. The topological polar surface area (TPSA) is 96.3 Å². The zero-order valence-corrected chi connectivity index (χ0v) is 24.4. The van der Waals surface area contributed by atoms with E-state index in [2.05, 4.69) is 42.5 Å². The number of ether oxygens (including phenoxy) is 2. The first-order valence-corrected chi connectivity index (χ1v) is 13.9. The Bertz CT molecular complexity index is 1240. The van der Waals surface area contributed by atoms with Gasteiger partial charge in [0, 0.05) is 24.7 Å². The van der Waals surface area contributed by atoms with Crippen LogP contribution in [0.2, 0.25) is 10.0 Å². The maximum atomic E-state index is 15.7. The Morgan fingerprint density at radius 3 is 2.62 bits per heavy atom. The van der Waals surface area contributed by atoms with Crippen LogP contribution < -0.4 is 10.6 Å². The average Bonchev–Trinajstić information content (AvgIpc) is 3.37. The molecule has 4 rings (SSSR count). The Hall–Kier alpha value is -2.28. The number of hydrogen-bond acceptors (Lipinski definition) is 6. The minimum Gasteiger partial charge on any atom is -0.355 e. The molecule has 39 heavy (non-hydrogen) atoms. The van der Waals surface area contributed by atoms with Crippen molar-refractivity contribution in [3.63, 3.8) is 0 Å². The van der Waals surface area contributed by atoms with Gasteiger partial charge in [0.2, 0.25) is 5.91 Å². The van der Waals surface area contributed by atoms with Crippen LogP contribution in [-0.4, -0.2) is 48.0 Å². The summed E-state index contributed by atoms with van der Waals surface area (Å²) in [6.45, 7) is 10.6. The molecule has 0 aliphatic carbocycles. The summed E-state index contributed by atoms with van der Waals surface area (Å²) in [6.07, 6.45) is 2.39. The van der Waals surface area contributed by atoms with Crippen molar-refractivity contribution in [2.24, 2.45) is 5.41 Å². The normalized spacial score (nSPS) is 28.3. The summed E-state index contributed by atoms with van der Waals surface area (Å²) in [6, 6.07) is 9.02. The van der Waals surface area contributed by atoms with E-state index in [4.69, 9.17) is 32.7 Å². The second-order valence-corrected chi connectivity index (χ2v) is 12.8. The third kappa shape index (κ3) is 6.23. The van der Waals surface area contributed by atoms with Crippen molar-refractivity contribution in [2.75, 3.05) is 13.2 Å². The lowest BCUT2D eigenvalue weighted by atomic mass is 9.64. The molecule has 210 valence electrons. The molecule has 7 nitrogen and oxygen atoms in total. The van der Waals surface area contributed by atoms with Gasteiger partial charge in [-0.3, -0.25) is 9.78 Å². The van der Waals surface area contributed by atoms with Gasteiger partial charge in [0.1, 0.15) is 11.2 Å². The van der Waals surface area contributed by atoms with Gasteiger partial charge in [0.05, 0.1) is 40.6 Å². The van der Waals surface area contributed by atoms with Crippen LogP contribution in [0.5, 0.6) is 0 Å². The van der Waals surface area contributed by atoms with E-state index in [1.54, 1.807) is 24.3 Å². The number of nitrogens with zero attached hydrogens (tertiary/aromatic N) is 2. The average molecular weight is 578 g/mol. The Labute approximate surface area is 239 Å². The maximum absolute atomic E-state index is 15.7. The summed E-state index contributed by atoms with van der Waals surface area (Å²) in [5, 5.41) is 17.6. The van der Waals surface area contributed by atoms with Gasteiger partial charge in [-0.25, -0.2) is 4.39 Å². The lowest BCUT2D eigenvalue weighted by Crippen LogP contribution is -2.46.